The fraction of sp³-hybridized carbons (Fsp3) is 0.0909. The van der Waals surface area contributed by atoms with Gasteiger partial charge in [-0.1, -0.05) is 12.1 Å². The summed E-state index contributed by atoms with van der Waals surface area (Å²) < 4.78 is 27.0. The number of nitrogens with one attached hydrogen (secondary N) is 1. The lowest BCUT2D eigenvalue weighted by atomic mass is 10.3. The fourth-order valence-electron chi connectivity index (χ4n) is 1.88. The van der Waals surface area contributed by atoms with Crippen LogP contribution >= 0.6 is 0 Å². The molecule has 0 saturated carbocycles. The van der Waals surface area contributed by atoms with Gasteiger partial charge in [-0.15, -0.1) is 0 Å². The summed E-state index contributed by atoms with van der Waals surface area (Å²) in [6.07, 6.45) is -2.72. The van der Waals surface area contributed by atoms with Gasteiger partial charge in [-0.3, -0.25) is 14.2 Å². The molecule has 2 aromatic heterocycles. The zero-order valence-corrected chi connectivity index (χ0v) is 8.52. The van der Waals surface area contributed by atoms with Crippen LogP contribution in [0.4, 0.5) is 8.78 Å². The number of aromatic amines is 1. The molecule has 0 radical (unpaired) electrons. The summed E-state index contributed by atoms with van der Waals surface area (Å²) in [7, 11) is 0. The smallest absolute Gasteiger partial charge is 0.279 e. The number of alkyl halides is 2. The first-order valence-electron chi connectivity index (χ1n) is 4.95. The summed E-state index contributed by atoms with van der Waals surface area (Å²) >= 11 is 0. The number of rotatable bonds is 1. The van der Waals surface area contributed by atoms with Crippen molar-refractivity contribution in [2.45, 2.75) is 6.43 Å². The molecule has 0 spiro atoms. The minimum Gasteiger partial charge on any atom is -0.292 e. The molecule has 0 unspecified atom stereocenters. The van der Waals surface area contributed by atoms with Crippen LogP contribution in [0.1, 0.15) is 12.1 Å². The Balaban J connectivity index is 2.58. The normalized spacial score (nSPS) is 11.7. The predicted molar refractivity (Wildman–Crippen MR) is 58.3 cm³/mol. The van der Waals surface area contributed by atoms with Gasteiger partial charge in [-0.25, -0.2) is 13.8 Å². The van der Waals surface area contributed by atoms with E-state index in [1.54, 1.807) is 24.3 Å². The highest BCUT2D eigenvalue weighted by atomic mass is 19.3. The summed E-state index contributed by atoms with van der Waals surface area (Å²) in [5.74, 6) is 0.133. The Labute approximate surface area is 93.5 Å². The van der Waals surface area contributed by atoms with Crippen molar-refractivity contribution in [3.63, 3.8) is 0 Å². The number of para-hydroxylation sites is 2. The highest BCUT2D eigenvalue weighted by Crippen LogP contribution is 2.22. The monoisotopic (exact) mass is 235 g/mol. The minimum absolute atomic E-state index is 0.133. The SMILES string of the molecule is O=c1cc(C(F)F)n2c(nc3ccccc32)[nH]1. The quantitative estimate of drug-likeness (QED) is 0.702. The maximum atomic E-state index is 12.9. The van der Waals surface area contributed by atoms with Gasteiger partial charge in [0, 0.05) is 6.07 Å². The maximum absolute atomic E-state index is 12.9. The first-order chi connectivity index (χ1) is 8.16. The molecular formula is C11H7F2N3O. The molecular weight excluding hydrogens is 228 g/mol. The van der Waals surface area contributed by atoms with Crippen molar-refractivity contribution in [2.24, 2.45) is 0 Å². The Bertz CT molecular complexity index is 760. The van der Waals surface area contributed by atoms with E-state index in [9.17, 15) is 13.6 Å². The molecule has 0 aliphatic carbocycles. The third-order valence-corrected chi connectivity index (χ3v) is 2.56. The van der Waals surface area contributed by atoms with Crippen LogP contribution in [0.25, 0.3) is 16.8 Å². The van der Waals surface area contributed by atoms with Gasteiger partial charge in [0.05, 0.1) is 16.7 Å². The van der Waals surface area contributed by atoms with Gasteiger partial charge < -0.3 is 0 Å². The largest absolute Gasteiger partial charge is 0.292 e. The molecule has 17 heavy (non-hydrogen) atoms. The van der Waals surface area contributed by atoms with Crippen LogP contribution in [0.2, 0.25) is 0 Å². The third-order valence-electron chi connectivity index (χ3n) is 2.56. The molecule has 2 heterocycles. The van der Waals surface area contributed by atoms with Crippen molar-refractivity contribution in [3.8, 4) is 0 Å². The fourth-order valence-corrected chi connectivity index (χ4v) is 1.88. The first kappa shape index (κ1) is 9.95. The number of H-pyrrole nitrogens is 1. The Morgan fingerprint density at radius 2 is 2.06 bits per heavy atom. The highest BCUT2D eigenvalue weighted by Gasteiger charge is 2.16. The second kappa shape index (κ2) is 3.38. The van der Waals surface area contributed by atoms with Gasteiger partial charge in [0.2, 0.25) is 5.78 Å². The average molecular weight is 235 g/mol. The van der Waals surface area contributed by atoms with E-state index in [-0.39, 0.29) is 11.5 Å². The van der Waals surface area contributed by atoms with E-state index in [0.29, 0.717) is 11.0 Å². The standard InChI is InChI=1S/C11H7F2N3O/c12-10(13)8-5-9(17)15-11-14-6-3-1-2-4-7(6)16(8)11/h1-5,10H,(H,14,15,17). The molecule has 0 aliphatic heterocycles. The van der Waals surface area contributed by atoms with E-state index in [1.165, 1.54) is 4.40 Å². The van der Waals surface area contributed by atoms with Crippen LogP contribution in [-0.2, 0) is 0 Å². The average Bonchev–Trinajstić information content (AvgIpc) is 2.65. The molecule has 3 aromatic rings. The van der Waals surface area contributed by atoms with Crippen molar-refractivity contribution in [3.05, 3.63) is 46.4 Å². The zero-order valence-electron chi connectivity index (χ0n) is 8.52. The second-order valence-electron chi connectivity index (χ2n) is 3.62. The number of hydrogen-bond donors (Lipinski definition) is 1. The van der Waals surface area contributed by atoms with E-state index in [4.69, 9.17) is 0 Å². The number of halogens is 2. The van der Waals surface area contributed by atoms with Crippen LogP contribution in [0.15, 0.2) is 35.1 Å². The van der Waals surface area contributed by atoms with E-state index < -0.39 is 12.0 Å². The Morgan fingerprint density at radius 1 is 1.29 bits per heavy atom. The van der Waals surface area contributed by atoms with Crippen molar-refractivity contribution in [1.29, 1.82) is 0 Å². The first-order valence-corrected chi connectivity index (χ1v) is 4.95. The highest BCUT2D eigenvalue weighted by molar-refractivity contribution is 5.79. The van der Waals surface area contributed by atoms with Gasteiger partial charge in [0.15, 0.2) is 0 Å². The van der Waals surface area contributed by atoms with E-state index in [1.807, 2.05) is 0 Å². The lowest BCUT2D eigenvalue weighted by molar-refractivity contribution is 0.144. The van der Waals surface area contributed by atoms with E-state index >= 15 is 0 Å². The number of fused-ring (bicyclic) bond motifs is 3. The number of imidazole rings is 1. The molecule has 0 bridgehead atoms. The summed E-state index contributed by atoms with van der Waals surface area (Å²) in [6.45, 7) is 0. The lowest BCUT2D eigenvalue weighted by Gasteiger charge is -2.03. The van der Waals surface area contributed by atoms with Crippen molar-refractivity contribution in [1.82, 2.24) is 14.4 Å². The zero-order chi connectivity index (χ0) is 12.0. The Hall–Kier alpha value is -2.24. The van der Waals surface area contributed by atoms with Crippen LogP contribution < -0.4 is 5.56 Å². The molecule has 6 heteroatoms. The van der Waals surface area contributed by atoms with E-state index in [0.717, 1.165) is 6.07 Å². The molecule has 3 rings (SSSR count). The van der Waals surface area contributed by atoms with Gasteiger partial charge in [-0.2, -0.15) is 0 Å². The lowest BCUT2D eigenvalue weighted by Crippen LogP contribution is -2.11. The summed E-state index contributed by atoms with van der Waals surface area (Å²) in [4.78, 5) is 17.8. The van der Waals surface area contributed by atoms with Crippen LogP contribution in [0, 0.1) is 0 Å². The molecule has 0 amide bonds. The van der Waals surface area contributed by atoms with Gasteiger partial charge in [-0.05, 0) is 12.1 Å². The number of benzene rings is 1. The van der Waals surface area contributed by atoms with Crippen LogP contribution in [0.3, 0.4) is 0 Å². The molecule has 0 fully saturated rings. The summed E-state index contributed by atoms with van der Waals surface area (Å²) in [5.41, 5.74) is 0.186. The summed E-state index contributed by atoms with van der Waals surface area (Å²) in [5, 5.41) is 0. The molecule has 0 aliphatic rings. The molecule has 0 atom stereocenters. The molecule has 4 nitrogen and oxygen atoms in total. The molecule has 0 saturated heterocycles. The van der Waals surface area contributed by atoms with Crippen molar-refractivity contribution in [2.75, 3.05) is 0 Å². The minimum atomic E-state index is -2.72. The molecule has 1 N–H and O–H groups in total. The second-order valence-corrected chi connectivity index (χ2v) is 3.62. The van der Waals surface area contributed by atoms with Crippen LogP contribution in [-0.4, -0.2) is 14.4 Å². The third kappa shape index (κ3) is 1.41. The number of hydrogen-bond acceptors (Lipinski definition) is 2. The topological polar surface area (TPSA) is 50.2 Å². The summed E-state index contributed by atoms with van der Waals surface area (Å²) in [6, 6.07) is 7.77. The van der Waals surface area contributed by atoms with Crippen LogP contribution in [0.5, 0.6) is 0 Å². The number of nitrogens with zero attached hydrogens (tertiary/aromatic N) is 2. The predicted octanol–water partition coefficient (Wildman–Crippen LogP) is 2.11. The van der Waals surface area contributed by atoms with Gasteiger partial charge in [0.25, 0.3) is 12.0 Å². The Morgan fingerprint density at radius 3 is 2.82 bits per heavy atom. The van der Waals surface area contributed by atoms with E-state index in [2.05, 4.69) is 9.97 Å². The van der Waals surface area contributed by atoms with Gasteiger partial charge >= 0.3 is 0 Å². The van der Waals surface area contributed by atoms with Crippen molar-refractivity contribution < 1.29 is 8.78 Å². The molecule has 86 valence electrons. The van der Waals surface area contributed by atoms with Crippen molar-refractivity contribution >= 4 is 16.8 Å². The van der Waals surface area contributed by atoms with Gasteiger partial charge in [0.1, 0.15) is 0 Å². The Kier molecular flexibility index (Phi) is 1.98. The molecule has 1 aromatic carbocycles. The maximum Gasteiger partial charge on any atom is 0.279 e. The number of aromatic nitrogens is 3.